The Morgan fingerprint density at radius 1 is 1.00 bits per heavy atom. The van der Waals surface area contributed by atoms with E-state index in [0.29, 0.717) is 6.04 Å². The molecule has 4 heteroatoms. The molecule has 0 unspecified atom stereocenters. The molecule has 4 nitrogen and oxygen atoms in total. The number of aryl methyl sites for hydroxylation is 2. The zero-order valence-electron chi connectivity index (χ0n) is 15.3. The summed E-state index contributed by atoms with van der Waals surface area (Å²) >= 11 is 0. The van der Waals surface area contributed by atoms with Gasteiger partial charge in [-0.3, -0.25) is 0 Å². The largest absolute Gasteiger partial charge is 0.370 e. The summed E-state index contributed by atoms with van der Waals surface area (Å²) in [7, 11) is 0. The van der Waals surface area contributed by atoms with Crippen molar-refractivity contribution >= 4 is 11.8 Å². The molecule has 0 aliphatic heterocycles. The van der Waals surface area contributed by atoms with Gasteiger partial charge in [0.25, 0.3) is 0 Å². The fraction of sp³-hybridized carbons (Fsp3) is 0.524. The molecule has 1 aromatic carbocycles. The van der Waals surface area contributed by atoms with E-state index in [-0.39, 0.29) is 0 Å². The molecule has 1 aromatic heterocycles. The Kier molecular flexibility index (Phi) is 6.66. The molecule has 2 aromatic rings. The summed E-state index contributed by atoms with van der Waals surface area (Å²) in [6.07, 6.45) is 10.0. The van der Waals surface area contributed by atoms with Gasteiger partial charge >= 0.3 is 0 Å². The van der Waals surface area contributed by atoms with Crippen molar-refractivity contribution in [3.63, 3.8) is 0 Å². The van der Waals surface area contributed by atoms with Gasteiger partial charge in [-0.2, -0.15) is 4.98 Å². The van der Waals surface area contributed by atoms with Gasteiger partial charge in [0.1, 0.15) is 5.82 Å². The van der Waals surface area contributed by atoms with E-state index in [4.69, 9.17) is 0 Å². The van der Waals surface area contributed by atoms with E-state index >= 15 is 0 Å². The van der Waals surface area contributed by atoms with Crippen molar-refractivity contribution in [1.82, 2.24) is 9.97 Å². The minimum atomic E-state index is 0.523. The van der Waals surface area contributed by atoms with Crippen LogP contribution in [0.25, 0.3) is 0 Å². The molecule has 1 fully saturated rings. The summed E-state index contributed by atoms with van der Waals surface area (Å²) in [6, 6.07) is 13.2. The van der Waals surface area contributed by atoms with Crippen LogP contribution >= 0.6 is 0 Å². The van der Waals surface area contributed by atoms with Crippen LogP contribution in [-0.4, -0.2) is 22.6 Å². The highest BCUT2D eigenvalue weighted by Crippen LogP contribution is 2.20. The van der Waals surface area contributed by atoms with Gasteiger partial charge < -0.3 is 10.6 Å². The van der Waals surface area contributed by atoms with Crippen molar-refractivity contribution in [2.75, 3.05) is 17.2 Å². The normalized spacial score (nSPS) is 15.6. The quantitative estimate of drug-likeness (QED) is 0.553. The average Bonchev–Trinajstić information content (AvgIpc) is 2.88. The molecule has 1 saturated carbocycles. The van der Waals surface area contributed by atoms with Crippen molar-refractivity contribution in [2.45, 2.75) is 64.3 Å². The van der Waals surface area contributed by atoms with E-state index in [1.807, 2.05) is 13.0 Å². The molecule has 0 amide bonds. The number of nitrogens with zero attached hydrogens (tertiary/aromatic N) is 2. The van der Waals surface area contributed by atoms with Crippen molar-refractivity contribution in [1.29, 1.82) is 0 Å². The Bertz CT molecular complexity index is 634. The lowest BCUT2D eigenvalue weighted by atomic mass is 10.1. The Hall–Kier alpha value is -2.10. The number of anilines is 2. The standard InChI is InChI=1S/C21H30N4/c1-17-16-20(22-15-9-12-18-10-5-4-6-11-18)25-21(23-17)24-19-13-7-2-3-8-14-19/h4-6,10-11,16,19H,2-3,7-9,12-15H2,1H3,(H2,22,23,24,25). The van der Waals surface area contributed by atoms with Crippen LogP contribution < -0.4 is 10.6 Å². The van der Waals surface area contributed by atoms with Gasteiger partial charge in [0.15, 0.2) is 0 Å². The summed E-state index contributed by atoms with van der Waals surface area (Å²) < 4.78 is 0. The molecule has 0 bridgehead atoms. The molecule has 2 N–H and O–H groups in total. The number of hydrogen-bond acceptors (Lipinski definition) is 4. The summed E-state index contributed by atoms with van der Waals surface area (Å²) in [4.78, 5) is 9.24. The molecule has 1 aliphatic rings. The van der Waals surface area contributed by atoms with Crippen LogP contribution in [-0.2, 0) is 6.42 Å². The Balaban J connectivity index is 1.50. The first kappa shape index (κ1) is 17.7. The number of hydrogen-bond donors (Lipinski definition) is 2. The topological polar surface area (TPSA) is 49.8 Å². The summed E-state index contributed by atoms with van der Waals surface area (Å²) in [5.74, 6) is 1.70. The van der Waals surface area contributed by atoms with Crippen molar-refractivity contribution < 1.29 is 0 Å². The van der Waals surface area contributed by atoms with E-state index in [9.17, 15) is 0 Å². The lowest BCUT2D eigenvalue weighted by molar-refractivity contribution is 0.614. The van der Waals surface area contributed by atoms with Crippen LogP contribution in [0.3, 0.4) is 0 Å². The third kappa shape index (κ3) is 6.04. The first-order valence-corrected chi connectivity index (χ1v) is 9.69. The summed E-state index contributed by atoms with van der Waals surface area (Å²) in [6.45, 7) is 2.96. The van der Waals surface area contributed by atoms with E-state index in [0.717, 1.165) is 36.8 Å². The molecule has 1 heterocycles. The third-order valence-electron chi connectivity index (χ3n) is 4.83. The maximum Gasteiger partial charge on any atom is 0.225 e. The molecule has 134 valence electrons. The molecule has 0 spiro atoms. The number of rotatable bonds is 7. The van der Waals surface area contributed by atoms with Crippen molar-refractivity contribution in [3.8, 4) is 0 Å². The second kappa shape index (κ2) is 9.40. The zero-order valence-corrected chi connectivity index (χ0v) is 15.3. The SMILES string of the molecule is Cc1cc(NCCCc2ccccc2)nc(NC2CCCCCC2)n1. The highest BCUT2D eigenvalue weighted by Gasteiger charge is 2.13. The lowest BCUT2D eigenvalue weighted by Crippen LogP contribution is -2.20. The van der Waals surface area contributed by atoms with Crippen molar-refractivity contribution in [3.05, 3.63) is 47.7 Å². The number of aromatic nitrogens is 2. The summed E-state index contributed by atoms with van der Waals surface area (Å²) in [5, 5.41) is 7.01. The smallest absolute Gasteiger partial charge is 0.225 e. The van der Waals surface area contributed by atoms with Gasteiger partial charge in [-0.15, -0.1) is 0 Å². The van der Waals surface area contributed by atoms with Crippen molar-refractivity contribution in [2.24, 2.45) is 0 Å². The van der Waals surface area contributed by atoms with Gasteiger partial charge in [-0.05, 0) is 38.2 Å². The molecule has 25 heavy (non-hydrogen) atoms. The predicted molar refractivity (Wildman–Crippen MR) is 105 cm³/mol. The van der Waals surface area contributed by atoms with Crippen LogP contribution in [0.2, 0.25) is 0 Å². The van der Waals surface area contributed by atoms with Gasteiger partial charge in [0.2, 0.25) is 5.95 Å². The second-order valence-corrected chi connectivity index (χ2v) is 7.07. The van der Waals surface area contributed by atoms with Crippen LogP contribution in [0.15, 0.2) is 36.4 Å². The summed E-state index contributed by atoms with van der Waals surface area (Å²) in [5.41, 5.74) is 2.40. The molecule has 1 aliphatic carbocycles. The lowest BCUT2D eigenvalue weighted by Gasteiger charge is -2.17. The third-order valence-corrected chi connectivity index (χ3v) is 4.83. The van der Waals surface area contributed by atoms with Crippen LogP contribution in [0, 0.1) is 6.92 Å². The molecule has 0 radical (unpaired) electrons. The molecular formula is C21H30N4. The maximum absolute atomic E-state index is 4.67. The molecular weight excluding hydrogens is 308 g/mol. The Morgan fingerprint density at radius 3 is 2.52 bits per heavy atom. The van der Waals surface area contributed by atoms with Crippen LogP contribution in [0.1, 0.15) is 56.2 Å². The van der Waals surface area contributed by atoms with E-state index in [1.54, 1.807) is 0 Å². The van der Waals surface area contributed by atoms with Crippen LogP contribution in [0.4, 0.5) is 11.8 Å². The second-order valence-electron chi connectivity index (χ2n) is 7.07. The zero-order chi connectivity index (χ0) is 17.3. The first-order chi connectivity index (χ1) is 12.3. The fourth-order valence-corrected chi connectivity index (χ4v) is 3.48. The molecule has 3 rings (SSSR count). The van der Waals surface area contributed by atoms with Crippen LogP contribution in [0.5, 0.6) is 0 Å². The highest BCUT2D eigenvalue weighted by atomic mass is 15.2. The minimum absolute atomic E-state index is 0.523. The van der Waals surface area contributed by atoms with E-state index in [2.05, 4.69) is 50.9 Å². The molecule has 0 atom stereocenters. The van der Waals surface area contributed by atoms with Gasteiger partial charge in [-0.25, -0.2) is 4.98 Å². The van der Waals surface area contributed by atoms with Gasteiger partial charge in [0, 0.05) is 24.3 Å². The predicted octanol–water partition coefficient (Wildman–Crippen LogP) is 4.96. The number of nitrogens with one attached hydrogen (secondary N) is 2. The monoisotopic (exact) mass is 338 g/mol. The van der Waals surface area contributed by atoms with Gasteiger partial charge in [0.05, 0.1) is 0 Å². The minimum Gasteiger partial charge on any atom is -0.370 e. The number of benzene rings is 1. The molecule has 0 saturated heterocycles. The van der Waals surface area contributed by atoms with Gasteiger partial charge in [-0.1, -0.05) is 56.0 Å². The maximum atomic E-state index is 4.67. The highest BCUT2D eigenvalue weighted by molar-refractivity contribution is 5.42. The Labute approximate surface area is 151 Å². The average molecular weight is 338 g/mol. The Morgan fingerprint density at radius 2 is 1.76 bits per heavy atom. The van der Waals surface area contributed by atoms with E-state index in [1.165, 1.54) is 44.1 Å². The fourth-order valence-electron chi connectivity index (χ4n) is 3.48. The first-order valence-electron chi connectivity index (χ1n) is 9.69. The van der Waals surface area contributed by atoms with E-state index < -0.39 is 0 Å².